The second-order valence-corrected chi connectivity index (χ2v) is 8.84. The SMILES string of the molecule is CCCCCCCCCCc1cc(NN=O)ccc1CCCCCCCCCC[NH3+].[Br-]. The highest BCUT2D eigenvalue weighted by Gasteiger charge is 2.05. The van der Waals surface area contributed by atoms with Crippen molar-refractivity contribution >= 4 is 5.69 Å². The quantitative estimate of drug-likeness (QED) is 0.150. The highest BCUT2D eigenvalue weighted by Crippen LogP contribution is 2.22. The number of rotatable bonds is 21. The fourth-order valence-corrected chi connectivity index (χ4v) is 4.23. The highest BCUT2D eigenvalue weighted by atomic mass is 79.9. The number of hydrogen-bond acceptors (Lipinski definition) is 2. The summed E-state index contributed by atoms with van der Waals surface area (Å²) in [5, 5.41) is 2.84. The van der Waals surface area contributed by atoms with Gasteiger partial charge >= 0.3 is 0 Å². The summed E-state index contributed by atoms with van der Waals surface area (Å²) < 4.78 is 0. The lowest BCUT2D eigenvalue weighted by Gasteiger charge is -2.12. The van der Waals surface area contributed by atoms with E-state index >= 15 is 0 Å². The van der Waals surface area contributed by atoms with E-state index in [9.17, 15) is 4.91 Å². The van der Waals surface area contributed by atoms with Crippen molar-refractivity contribution in [3.05, 3.63) is 34.2 Å². The van der Waals surface area contributed by atoms with E-state index in [1.807, 2.05) is 6.07 Å². The van der Waals surface area contributed by atoms with Crippen LogP contribution in [0.2, 0.25) is 0 Å². The fraction of sp³-hybridized carbons (Fsp3) is 0.769. The van der Waals surface area contributed by atoms with Crippen molar-refractivity contribution in [3.8, 4) is 0 Å². The van der Waals surface area contributed by atoms with Gasteiger partial charge < -0.3 is 22.7 Å². The Morgan fingerprint density at radius 1 is 0.710 bits per heavy atom. The minimum absolute atomic E-state index is 0. The summed E-state index contributed by atoms with van der Waals surface area (Å²) in [6.45, 7) is 3.35. The highest BCUT2D eigenvalue weighted by molar-refractivity contribution is 5.48. The zero-order chi connectivity index (χ0) is 21.7. The first-order chi connectivity index (χ1) is 14.8. The molecule has 4 nitrogen and oxygen atoms in total. The average molecular weight is 499 g/mol. The minimum atomic E-state index is 0. The summed E-state index contributed by atoms with van der Waals surface area (Å²) in [6.07, 6.45) is 23.7. The minimum Gasteiger partial charge on any atom is -1.00 e. The number of nitrogens with zero attached hydrogens (tertiary/aromatic N) is 1. The maximum Gasteiger partial charge on any atom is 0.0739 e. The van der Waals surface area contributed by atoms with E-state index in [1.54, 1.807) is 0 Å². The molecule has 0 heterocycles. The summed E-state index contributed by atoms with van der Waals surface area (Å²) in [6, 6.07) is 6.34. The van der Waals surface area contributed by atoms with Gasteiger partial charge in [0.05, 0.1) is 17.5 Å². The molecule has 0 bridgehead atoms. The molecule has 4 N–H and O–H groups in total. The van der Waals surface area contributed by atoms with Crippen molar-refractivity contribution in [2.24, 2.45) is 5.29 Å². The lowest BCUT2D eigenvalue weighted by atomic mass is 9.95. The Morgan fingerprint density at radius 3 is 1.71 bits per heavy atom. The molecule has 180 valence electrons. The van der Waals surface area contributed by atoms with Gasteiger partial charge in [-0.25, -0.2) is 5.43 Å². The van der Waals surface area contributed by atoms with Gasteiger partial charge in [-0.3, -0.25) is 0 Å². The van der Waals surface area contributed by atoms with Crippen molar-refractivity contribution in [1.29, 1.82) is 0 Å². The third-order valence-electron chi connectivity index (χ3n) is 6.13. The maximum atomic E-state index is 10.6. The monoisotopic (exact) mass is 497 g/mol. The lowest BCUT2D eigenvalue weighted by molar-refractivity contribution is -0.368. The molecular weight excluding hydrogens is 450 g/mol. The van der Waals surface area contributed by atoms with Crippen LogP contribution in [0.1, 0.15) is 121 Å². The van der Waals surface area contributed by atoms with Crippen molar-refractivity contribution < 1.29 is 22.7 Å². The standard InChI is InChI=1S/C26H47N3O.BrH/c1-2-3-4-5-6-9-13-16-19-25-23-26(28-29-30)21-20-24(25)18-15-12-10-7-8-11-14-17-22-27;/h20-21,23H,2-19,22,27H2,1H3,(H,28,30);1H. The molecule has 0 aromatic heterocycles. The van der Waals surface area contributed by atoms with Gasteiger partial charge in [0.1, 0.15) is 0 Å². The van der Waals surface area contributed by atoms with Crippen molar-refractivity contribution in [2.75, 3.05) is 12.0 Å². The smallest absolute Gasteiger partial charge is 0.0739 e. The largest absolute Gasteiger partial charge is 1.00 e. The van der Waals surface area contributed by atoms with Crippen LogP contribution in [-0.2, 0) is 12.8 Å². The molecule has 0 fully saturated rings. The fourth-order valence-electron chi connectivity index (χ4n) is 4.23. The Labute approximate surface area is 202 Å². The second-order valence-electron chi connectivity index (χ2n) is 8.84. The molecule has 1 aromatic carbocycles. The molecular formula is C26H48BrN3O. The number of unbranched alkanes of at least 4 members (excludes halogenated alkanes) is 14. The molecule has 5 heteroatoms. The Hall–Kier alpha value is -0.940. The van der Waals surface area contributed by atoms with Crippen LogP contribution < -0.4 is 28.1 Å². The molecule has 0 amide bonds. The molecule has 31 heavy (non-hydrogen) atoms. The molecule has 0 saturated heterocycles. The van der Waals surface area contributed by atoms with E-state index in [1.165, 1.54) is 114 Å². The summed E-state index contributed by atoms with van der Waals surface area (Å²) in [5.41, 5.74) is 10.2. The average Bonchev–Trinajstić information content (AvgIpc) is 2.76. The van der Waals surface area contributed by atoms with Crippen molar-refractivity contribution in [3.63, 3.8) is 0 Å². The number of nitroso groups, excluding NO2 is 1. The number of hydrogen-bond donors (Lipinski definition) is 2. The van der Waals surface area contributed by atoms with E-state index < -0.39 is 0 Å². The molecule has 0 aliphatic rings. The van der Waals surface area contributed by atoms with Gasteiger partial charge in [0.25, 0.3) is 0 Å². The number of halogens is 1. The molecule has 0 aliphatic heterocycles. The van der Waals surface area contributed by atoms with Crippen LogP contribution in [-0.4, -0.2) is 6.54 Å². The molecule has 0 unspecified atom stereocenters. The van der Waals surface area contributed by atoms with Crippen molar-refractivity contribution in [1.82, 2.24) is 0 Å². The zero-order valence-corrected chi connectivity index (χ0v) is 21.7. The van der Waals surface area contributed by atoms with Crippen LogP contribution in [0.3, 0.4) is 0 Å². The number of nitrogens with one attached hydrogen (secondary N) is 1. The molecule has 0 aliphatic carbocycles. The van der Waals surface area contributed by atoms with E-state index in [0.29, 0.717) is 0 Å². The van der Waals surface area contributed by atoms with E-state index in [2.05, 4.69) is 35.5 Å². The van der Waals surface area contributed by atoms with E-state index in [-0.39, 0.29) is 17.0 Å². The number of benzene rings is 1. The van der Waals surface area contributed by atoms with Gasteiger partial charge in [0.2, 0.25) is 0 Å². The number of aryl methyl sites for hydroxylation is 2. The second kappa shape index (κ2) is 22.3. The van der Waals surface area contributed by atoms with Gasteiger partial charge in [-0.2, -0.15) is 0 Å². The van der Waals surface area contributed by atoms with Crippen LogP contribution in [0.5, 0.6) is 0 Å². The molecule has 0 spiro atoms. The van der Waals surface area contributed by atoms with Gasteiger partial charge in [-0.1, -0.05) is 90.0 Å². The van der Waals surface area contributed by atoms with E-state index in [0.717, 1.165) is 25.1 Å². The predicted octanol–water partition coefficient (Wildman–Crippen LogP) is 4.37. The molecule has 1 aromatic rings. The third kappa shape index (κ3) is 16.4. The zero-order valence-electron chi connectivity index (χ0n) is 20.1. The Morgan fingerprint density at radius 2 is 1.19 bits per heavy atom. The molecule has 0 saturated carbocycles. The van der Waals surface area contributed by atoms with E-state index in [4.69, 9.17) is 0 Å². The van der Waals surface area contributed by atoms with Crippen LogP contribution in [0, 0.1) is 4.91 Å². The predicted molar refractivity (Wildman–Crippen MR) is 131 cm³/mol. The Kier molecular flexibility index (Phi) is 21.6. The summed E-state index contributed by atoms with van der Waals surface area (Å²) in [7, 11) is 0. The van der Waals surface area contributed by atoms with Gasteiger partial charge in [-0.15, -0.1) is 4.91 Å². The van der Waals surface area contributed by atoms with Gasteiger partial charge in [0, 0.05) is 0 Å². The first kappa shape index (κ1) is 30.1. The van der Waals surface area contributed by atoms with Crippen molar-refractivity contribution in [2.45, 2.75) is 122 Å². The topological polar surface area (TPSA) is 69.1 Å². The Balaban J connectivity index is 0.00000900. The molecule has 1 rings (SSSR count). The Bertz CT molecular complexity index is 539. The lowest BCUT2D eigenvalue weighted by Crippen LogP contribution is -3.00. The molecule has 0 atom stereocenters. The van der Waals surface area contributed by atoms with Crippen LogP contribution >= 0.6 is 0 Å². The van der Waals surface area contributed by atoms with Gasteiger partial charge in [-0.05, 0) is 61.8 Å². The molecule has 0 radical (unpaired) electrons. The normalized spacial score (nSPS) is 10.6. The first-order valence-corrected chi connectivity index (χ1v) is 12.8. The third-order valence-corrected chi connectivity index (χ3v) is 6.13. The first-order valence-electron chi connectivity index (χ1n) is 12.8. The number of anilines is 1. The number of quaternary nitrogens is 1. The maximum absolute atomic E-state index is 10.6. The van der Waals surface area contributed by atoms with Crippen LogP contribution in [0.4, 0.5) is 5.69 Å². The summed E-state index contributed by atoms with van der Waals surface area (Å²) in [4.78, 5) is 10.6. The van der Waals surface area contributed by atoms with Crippen LogP contribution in [0.25, 0.3) is 0 Å². The van der Waals surface area contributed by atoms with Gasteiger partial charge in [0.15, 0.2) is 0 Å². The summed E-state index contributed by atoms with van der Waals surface area (Å²) >= 11 is 0. The summed E-state index contributed by atoms with van der Waals surface area (Å²) in [5.74, 6) is 0. The van der Waals surface area contributed by atoms with Crippen LogP contribution in [0.15, 0.2) is 23.5 Å².